The Labute approximate surface area is 122 Å². The predicted molar refractivity (Wildman–Crippen MR) is 75.5 cm³/mol. The van der Waals surface area contributed by atoms with Gasteiger partial charge in [-0.25, -0.2) is 4.39 Å². The zero-order chi connectivity index (χ0) is 16.3. The van der Waals surface area contributed by atoms with Crippen LogP contribution >= 0.6 is 0 Å². The van der Waals surface area contributed by atoms with Crippen LogP contribution in [0.1, 0.15) is 38.8 Å². The van der Waals surface area contributed by atoms with Crippen LogP contribution < -0.4 is 10.6 Å². The summed E-state index contributed by atoms with van der Waals surface area (Å²) < 4.78 is 51.4. The van der Waals surface area contributed by atoms with Crippen molar-refractivity contribution in [1.82, 2.24) is 10.6 Å². The van der Waals surface area contributed by atoms with Crippen LogP contribution in [-0.4, -0.2) is 18.1 Å². The second kappa shape index (κ2) is 6.75. The molecule has 0 spiro atoms. The third-order valence-electron chi connectivity index (χ3n) is 2.95. The van der Waals surface area contributed by atoms with Crippen LogP contribution in [0, 0.1) is 5.82 Å². The summed E-state index contributed by atoms with van der Waals surface area (Å²) in [6, 6.07) is 2.48. The average Bonchev–Trinajstić information content (AvgIpc) is 2.33. The third kappa shape index (κ3) is 6.44. The van der Waals surface area contributed by atoms with Gasteiger partial charge in [0.05, 0.1) is 5.56 Å². The lowest BCUT2D eigenvalue weighted by Gasteiger charge is -2.24. The smallest absolute Gasteiger partial charge is 0.311 e. The van der Waals surface area contributed by atoms with E-state index in [-0.39, 0.29) is 23.7 Å². The summed E-state index contributed by atoms with van der Waals surface area (Å²) in [5.41, 5.74) is -0.856. The number of nitrogens with one attached hydrogen (secondary N) is 2. The molecule has 2 nitrogen and oxygen atoms in total. The first-order valence-corrected chi connectivity index (χ1v) is 6.83. The fraction of sp³-hybridized carbons (Fsp3) is 0.600. The molecule has 0 saturated carbocycles. The molecule has 2 N–H and O–H groups in total. The van der Waals surface area contributed by atoms with Crippen molar-refractivity contribution in [2.24, 2.45) is 0 Å². The molecule has 0 aliphatic heterocycles. The van der Waals surface area contributed by atoms with E-state index in [2.05, 4.69) is 10.6 Å². The van der Waals surface area contributed by atoms with E-state index in [1.165, 1.54) is 0 Å². The quantitative estimate of drug-likeness (QED) is 0.810. The van der Waals surface area contributed by atoms with Gasteiger partial charge in [0.1, 0.15) is 5.82 Å². The van der Waals surface area contributed by atoms with Gasteiger partial charge < -0.3 is 10.6 Å². The molecule has 1 rings (SSSR count). The van der Waals surface area contributed by atoms with Crippen molar-refractivity contribution in [3.8, 4) is 0 Å². The molecule has 1 aromatic carbocycles. The number of benzene rings is 1. The molecule has 0 aliphatic carbocycles. The highest BCUT2D eigenvalue weighted by Gasteiger charge is 2.31. The topological polar surface area (TPSA) is 24.1 Å². The van der Waals surface area contributed by atoms with Crippen molar-refractivity contribution >= 4 is 0 Å². The molecule has 0 heterocycles. The summed E-state index contributed by atoms with van der Waals surface area (Å²) >= 11 is 0. The fourth-order valence-corrected chi connectivity index (χ4v) is 1.70. The number of hydrogen-bond donors (Lipinski definition) is 2. The van der Waals surface area contributed by atoms with E-state index >= 15 is 0 Å². The number of rotatable bonds is 5. The van der Waals surface area contributed by atoms with Crippen LogP contribution in [0.15, 0.2) is 18.2 Å². The minimum atomic E-state index is -4.46. The summed E-state index contributed by atoms with van der Waals surface area (Å²) in [6.07, 6.45) is -4.46. The summed E-state index contributed by atoms with van der Waals surface area (Å²) in [4.78, 5) is 0. The second-order valence-corrected chi connectivity index (χ2v) is 6.22. The van der Waals surface area contributed by atoms with Crippen LogP contribution in [0.3, 0.4) is 0 Å². The monoisotopic (exact) mass is 306 g/mol. The first kappa shape index (κ1) is 17.9. The summed E-state index contributed by atoms with van der Waals surface area (Å²) in [5.74, 6) is -0.633. The van der Waals surface area contributed by atoms with Gasteiger partial charge in [-0.2, -0.15) is 13.2 Å². The Morgan fingerprint density at radius 3 is 2.29 bits per heavy atom. The van der Waals surface area contributed by atoms with Gasteiger partial charge in [-0.3, -0.25) is 0 Å². The van der Waals surface area contributed by atoms with Gasteiger partial charge in [0.15, 0.2) is 0 Å². The SMILES string of the molecule is CC(CNC(C)(C)C)NCc1cc(C(F)(F)F)ccc1F. The highest BCUT2D eigenvalue weighted by molar-refractivity contribution is 5.27. The zero-order valence-electron chi connectivity index (χ0n) is 12.7. The van der Waals surface area contributed by atoms with Crippen LogP contribution in [0.25, 0.3) is 0 Å². The maximum absolute atomic E-state index is 13.6. The molecule has 0 saturated heterocycles. The molecule has 0 amide bonds. The van der Waals surface area contributed by atoms with Gasteiger partial charge in [-0.05, 0) is 45.9 Å². The molecular formula is C15H22F4N2. The Kier molecular flexibility index (Phi) is 5.75. The van der Waals surface area contributed by atoms with Gasteiger partial charge in [-0.15, -0.1) is 0 Å². The molecule has 0 aromatic heterocycles. The lowest BCUT2D eigenvalue weighted by atomic mass is 10.1. The highest BCUT2D eigenvalue weighted by Crippen LogP contribution is 2.30. The van der Waals surface area contributed by atoms with Crippen molar-refractivity contribution in [1.29, 1.82) is 0 Å². The van der Waals surface area contributed by atoms with E-state index in [9.17, 15) is 17.6 Å². The van der Waals surface area contributed by atoms with Crippen molar-refractivity contribution in [3.63, 3.8) is 0 Å². The number of halogens is 4. The molecule has 0 radical (unpaired) electrons. The second-order valence-electron chi connectivity index (χ2n) is 6.22. The van der Waals surface area contributed by atoms with E-state index in [4.69, 9.17) is 0 Å². The van der Waals surface area contributed by atoms with Gasteiger partial charge in [0.2, 0.25) is 0 Å². The maximum Gasteiger partial charge on any atom is 0.416 e. The lowest BCUT2D eigenvalue weighted by Crippen LogP contribution is -2.44. The van der Waals surface area contributed by atoms with Gasteiger partial charge >= 0.3 is 6.18 Å². The molecule has 120 valence electrons. The standard InChI is InChI=1S/C15H22F4N2/c1-10(8-21-14(2,3)4)20-9-11-7-12(15(17,18)19)5-6-13(11)16/h5-7,10,20-21H,8-9H2,1-4H3. The van der Waals surface area contributed by atoms with E-state index in [1.54, 1.807) is 0 Å². The molecule has 1 atom stereocenters. The largest absolute Gasteiger partial charge is 0.416 e. The van der Waals surface area contributed by atoms with Gasteiger partial charge in [0.25, 0.3) is 0 Å². The Bertz CT molecular complexity index is 464. The van der Waals surface area contributed by atoms with Crippen molar-refractivity contribution in [2.75, 3.05) is 6.54 Å². The van der Waals surface area contributed by atoms with Crippen LogP contribution in [0.5, 0.6) is 0 Å². The van der Waals surface area contributed by atoms with Crippen molar-refractivity contribution < 1.29 is 17.6 Å². The Hall–Kier alpha value is -1.14. The van der Waals surface area contributed by atoms with Crippen LogP contribution in [-0.2, 0) is 12.7 Å². The van der Waals surface area contributed by atoms with E-state index < -0.39 is 17.6 Å². The summed E-state index contributed by atoms with van der Waals surface area (Å²) in [5, 5.41) is 6.29. The van der Waals surface area contributed by atoms with Gasteiger partial charge in [-0.1, -0.05) is 0 Å². The molecule has 0 bridgehead atoms. The minimum Gasteiger partial charge on any atom is -0.311 e. The number of alkyl halides is 3. The van der Waals surface area contributed by atoms with E-state index in [0.29, 0.717) is 6.54 Å². The summed E-state index contributed by atoms with van der Waals surface area (Å²) in [6.45, 7) is 8.65. The summed E-state index contributed by atoms with van der Waals surface area (Å²) in [7, 11) is 0. The van der Waals surface area contributed by atoms with Gasteiger partial charge in [0, 0.05) is 30.2 Å². The van der Waals surface area contributed by atoms with Crippen molar-refractivity contribution in [2.45, 2.75) is 52.0 Å². The molecule has 6 heteroatoms. The van der Waals surface area contributed by atoms with Crippen molar-refractivity contribution in [3.05, 3.63) is 35.1 Å². The Morgan fingerprint density at radius 1 is 1.14 bits per heavy atom. The lowest BCUT2D eigenvalue weighted by molar-refractivity contribution is -0.137. The zero-order valence-corrected chi connectivity index (χ0v) is 12.7. The van der Waals surface area contributed by atoms with E-state index in [1.807, 2.05) is 27.7 Å². The van der Waals surface area contributed by atoms with Crippen LogP contribution in [0.2, 0.25) is 0 Å². The Morgan fingerprint density at radius 2 is 1.76 bits per heavy atom. The molecule has 0 aliphatic rings. The normalized spacial score (nSPS) is 14.3. The third-order valence-corrected chi connectivity index (χ3v) is 2.95. The van der Waals surface area contributed by atoms with E-state index in [0.717, 1.165) is 18.2 Å². The highest BCUT2D eigenvalue weighted by atomic mass is 19.4. The average molecular weight is 306 g/mol. The molecular weight excluding hydrogens is 284 g/mol. The predicted octanol–water partition coefficient (Wildman–Crippen LogP) is 3.71. The van der Waals surface area contributed by atoms with Crippen LogP contribution in [0.4, 0.5) is 17.6 Å². The molecule has 1 unspecified atom stereocenters. The minimum absolute atomic E-state index is 0.0122. The molecule has 0 fully saturated rings. The first-order chi connectivity index (χ1) is 9.49. The fourth-order valence-electron chi connectivity index (χ4n) is 1.70. The maximum atomic E-state index is 13.6. The molecule has 21 heavy (non-hydrogen) atoms. The first-order valence-electron chi connectivity index (χ1n) is 6.83. The Balaban J connectivity index is 2.63. The number of hydrogen-bond acceptors (Lipinski definition) is 2. The molecule has 1 aromatic rings.